The average molecular weight is 323 g/mol. The number of primary amides is 1. The second-order valence-corrected chi connectivity index (χ2v) is 7.31. The van der Waals surface area contributed by atoms with Crippen LogP contribution in [0.25, 0.3) is 0 Å². The molecule has 0 aliphatic heterocycles. The van der Waals surface area contributed by atoms with E-state index in [1.807, 2.05) is 0 Å². The molecule has 0 bridgehead atoms. The highest BCUT2D eigenvalue weighted by atomic mass is 32.2. The minimum absolute atomic E-state index is 0.271. The van der Waals surface area contributed by atoms with Crippen LogP contribution >= 0.6 is 0 Å². The van der Waals surface area contributed by atoms with Gasteiger partial charge < -0.3 is 21.5 Å². The van der Waals surface area contributed by atoms with Gasteiger partial charge >= 0.3 is 12.0 Å². The molecule has 0 aliphatic carbocycles. The molecule has 2 atom stereocenters. The number of carboxylic acids is 1. The Morgan fingerprint density at radius 3 is 2.05 bits per heavy atom. The summed E-state index contributed by atoms with van der Waals surface area (Å²) in [5, 5.41) is 13.3. The van der Waals surface area contributed by atoms with Crippen LogP contribution in [0.15, 0.2) is 0 Å². The molecule has 0 heterocycles. The fourth-order valence-electron chi connectivity index (χ4n) is 1.50. The van der Waals surface area contributed by atoms with Gasteiger partial charge in [0.15, 0.2) is 0 Å². The molecule has 3 amide bonds. The average Bonchev–Trinajstić information content (AvgIpc) is 2.28. The van der Waals surface area contributed by atoms with Crippen LogP contribution in [0.1, 0.15) is 20.3 Å². The van der Waals surface area contributed by atoms with Gasteiger partial charge in [-0.15, -0.1) is 0 Å². The highest BCUT2D eigenvalue weighted by Crippen LogP contribution is 2.01. The molecule has 0 radical (unpaired) electrons. The summed E-state index contributed by atoms with van der Waals surface area (Å²) in [5.74, 6) is -2.77. The van der Waals surface area contributed by atoms with Crippen LogP contribution in [0.4, 0.5) is 4.79 Å². The van der Waals surface area contributed by atoms with Crippen molar-refractivity contribution >= 4 is 27.7 Å². The summed E-state index contributed by atoms with van der Waals surface area (Å²) in [6.45, 7) is 3.32. The maximum atomic E-state index is 11.7. The molecule has 5 N–H and O–H groups in total. The Hall–Kier alpha value is -1.84. The zero-order chi connectivity index (χ0) is 16.8. The van der Waals surface area contributed by atoms with Crippen molar-refractivity contribution in [1.29, 1.82) is 0 Å². The molecule has 0 aliphatic rings. The van der Waals surface area contributed by atoms with Gasteiger partial charge in [-0.25, -0.2) is 18.0 Å². The maximum absolute atomic E-state index is 11.7. The molecular weight excluding hydrogens is 302 g/mol. The van der Waals surface area contributed by atoms with Gasteiger partial charge in [-0.2, -0.15) is 0 Å². The Morgan fingerprint density at radius 1 is 1.19 bits per heavy atom. The minimum Gasteiger partial charge on any atom is -0.480 e. The van der Waals surface area contributed by atoms with E-state index >= 15 is 0 Å². The molecule has 9 nitrogen and oxygen atoms in total. The third-order valence-electron chi connectivity index (χ3n) is 2.64. The molecule has 21 heavy (non-hydrogen) atoms. The van der Waals surface area contributed by atoms with Crippen LogP contribution in [0.2, 0.25) is 0 Å². The monoisotopic (exact) mass is 323 g/mol. The Labute approximate surface area is 123 Å². The van der Waals surface area contributed by atoms with E-state index in [-0.39, 0.29) is 18.1 Å². The lowest BCUT2D eigenvalue weighted by atomic mass is 10.0. The Bertz CT molecular complexity index is 502. The molecule has 10 heteroatoms. The van der Waals surface area contributed by atoms with Crippen LogP contribution in [-0.2, 0) is 19.4 Å². The third kappa shape index (κ3) is 8.12. The smallest absolute Gasteiger partial charge is 0.326 e. The number of carboxylic acid groups (broad SMARTS) is 1. The number of carbonyl (C=O) groups excluding carboxylic acids is 2. The zero-order valence-electron chi connectivity index (χ0n) is 12.1. The molecule has 0 saturated heterocycles. The summed E-state index contributed by atoms with van der Waals surface area (Å²) in [7, 11) is -3.35. The van der Waals surface area contributed by atoms with E-state index in [4.69, 9.17) is 10.8 Å². The highest BCUT2D eigenvalue weighted by Gasteiger charge is 2.25. The molecule has 0 aromatic rings. The van der Waals surface area contributed by atoms with Crippen LogP contribution in [0.5, 0.6) is 0 Å². The van der Waals surface area contributed by atoms with Crippen molar-refractivity contribution in [3.8, 4) is 0 Å². The van der Waals surface area contributed by atoms with E-state index in [0.717, 1.165) is 6.26 Å². The van der Waals surface area contributed by atoms with Crippen molar-refractivity contribution in [2.24, 2.45) is 11.7 Å². The van der Waals surface area contributed by atoms with Crippen molar-refractivity contribution in [3.63, 3.8) is 0 Å². The number of nitrogens with two attached hydrogens (primary N) is 1. The largest absolute Gasteiger partial charge is 0.480 e. The number of carbonyl (C=O) groups is 3. The summed E-state index contributed by atoms with van der Waals surface area (Å²) in [6, 6.07) is -3.22. The topological polar surface area (TPSA) is 156 Å². The zero-order valence-corrected chi connectivity index (χ0v) is 12.9. The first kappa shape index (κ1) is 19.2. The normalized spacial score (nSPS) is 14.3. The number of hydrogen-bond donors (Lipinski definition) is 4. The first-order chi connectivity index (χ1) is 9.44. The standard InChI is InChI=1S/C11H21N3O6S/c1-6(2)8(9(12)15)14-11(18)13-7(10(16)17)4-5-21(3,19)20/h6-8H,4-5H2,1-3H3,(H2,12,15)(H,16,17)(H2,13,14,18). The molecule has 0 aromatic heterocycles. The van der Waals surface area contributed by atoms with Crippen LogP contribution in [0, 0.1) is 5.92 Å². The van der Waals surface area contributed by atoms with Gasteiger partial charge in [-0.05, 0) is 12.3 Å². The van der Waals surface area contributed by atoms with Gasteiger partial charge in [-0.3, -0.25) is 4.79 Å². The van der Waals surface area contributed by atoms with Gasteiger partial charge in [0.2, 0.25) is 5.91 Å². The van der Waals surface area contributed by atoms with Crippen LogP contribution in [-0.4, -0.2) is 55.5 Å². The number of hydrogen-bond acceptors (Lipinski definition) is 5. The molecule has 0 saturated carbocycles. The van der Waals surface area contributed by atoms with Gasteiger partial charge in [-0.1, -0.05) is 13.8 Å². The summed E-state index contributed by atoms with van der Waals surface area (Å²) in [4.78, 5) is 33.8. The van der Waals surface area contributed by atoms with E-state index in [2.05, 4.69) is 10.6 Å². The minimum atomic E-state index is -3.35. The summed E-state index contributed by atoms with van der Waals surface area (Å²) >= 11 is 0. The second kappa shape index (κ2) is 7.81. The third-order valence-corrected chi connectivity index (χ3v) is 3.62. The predicted molar refractivity (Wildman–Crippen MR) is 75.2 cm³/mol. The number of amides is 3. The van der Waals surface area contributed by atoms with Crippen molar-refractivity contribution in [1.82, 2.24) is 10.6 Å². The first-order valence-corrected chi connectivity index (χ1v) is 8.27. The molecule has 0 rings (SSSR count). The summed E-state index contributed by atoms with van der Waals surface area (Å²) < 4.78 is 22.0. The number of rotatable bonds is 8. The van der Waals surface area contributed by atoms with E-state index < -0.39 is 39.8 Å². The lowest BCUT2D eigenvalue weighted by molar-refractivity contribution is -0.139. The lowest BCUT2D eigenvalue weighted by Gasteiger charge is -2.21. The summed E-state index contributed by atoms with van der Waals surface area (Å²) in [6.07, 6.45) is 0.693. The highest BCUT2D eigenvalue weighted by molar-refractivity contribution is 7.90. The van der Waals surface area contributed by atoms with Crippen molar-refractivity contribution in [2.75, 3.05) is 12.0 Å². The lowest BCUT2D eigenvalue weighted by Crippen LogP contribution is -2.54. The van der Waals surface area contributed by atoms with E-state index in [9.17, 15) is 22.8 Å². The van der Waals surface area contributed by atoms with E-state index in [1.54, 1.807) is 13.8 Å². The van der Waals surface area contributed by atoms with Gasteiger partial charge in [0.05, 0.1) is 5.75 Å². The molecule has 122 valence electrons. The van der Waals surface area contributed by atoms with Crippen molar-refractivity contribution in [2.45, 2.75) is 32.4 Å². The van der Waals surface area contributed by atoms with Crippen LogP contribution < -0.4 is 16.4 Å². The van der Waals surface area contributed by atoms with Crippen LogP contribution in [0.3, 0.4) is 0 Å². The number of nitrogens with one attached hydrogen (secondary N) is 2. The van der Waals surface area contributed by atoms with Gasteiger partial charge in [0, 0.05) is 6.26 Å². The van der Waals surface area contributed by atoms with E-state index in [0.29, 0.717) is 0 Å². The number of sulfone groups is 1. The Kier molecular flexibility index (Phi) is 7.13. The van der Waals surface area contributed by atoms with Crippen molar-refractivity contribution < 1.29 is 27.9 Å². The van der Waals surface area contributed by atoms with Gasteiger partial charge in [0.1, 0.15) is 21.9 Å². The maximum Gasteiger partial charge on any atom is 0.326 e. The molecular formula is C11H21N3O6S. The quantitative estimate of drug-likeness (QED) is 0.434. The predicted octanol–water partition coefficient (Wildman–Crippen LogP) is -1.32. The molecule has 0 fully saturated rings. The SMILES string of the molecule is CC(C)C(NC(=O)NC(CCS(C)(=O)=O)C(=O)O)C(N)=O. The van der Waals surface area contributed by atoms with Crippen molar-refractivity contribution in [3.05, 3.63) is 0 Å². The number of urea groups is 1. The Morgan fingerprint density at radius 2 is 1.71 bits per heavy atom. The fourth-order valence-corrected chi connectivity index (χ4v) is 2.16. The number of aliphatic carboxylic acids is 1. The molecule has 0 spiro atoms. The van der Waals surface area contributed by atoms with Gasteiger partial charge in [0.25, 0.3) is 0 Å². The second-order valence-electron chi connectivity index (χ2n) is 5.05. The first-order valence-electron chi connectivity index (χ1n) is 6.21. The summed E-state index contributed by atoms with van der Waals surface area (Å²) in [5.41, 5.74) is 5.12. The Balaban J connectivity index is 4.68. The fraction of sp³-hybridized carbons (Fsp3) is 0.727. The molecule has 2 unspecified atom stereocenters. The molecule has 0 aromatic carbocycles. The van der Waals surface area contributed by atoms with E-state index in [1.165, 1.54) is 0 Å².